The van der Waals surface area contributed by atoms with Crippen LogP contribution in [0.15, 0.2) is 17.0 Å². The van der Waals surface area contributed by atoms with Gasteiger partial charge in [0.25, 0.3) is 0 Å². The van der Waals surface area contributed by atoms with E-state index in [1.165, 1.54) is 20.1 Å². The molecule has 1 aromatic heterocycles. The molecule has 1 heterocycles. The minimum Gasteiger partial charge on any atom is -0.469 e. The highest BCUT2D eigenvalue weighted by molar-refractivity contribution is 7.91. The molecule has 1 aliphatic carbocycles. The number of hydrogen-bond donors (Lipinski definition) is 1. The first-order valence-corrected chi connectivity index (χ1v) is 9.20. The van der Waals surface area contributed by atoms with E-state index in [1.54, 1.807) is 0 Å². The van der Waals surface area contributed by atoms with Gasteiger partial charge in [-0.05, 0) is 43.4 Å². The van der Waals surface area contributed by atoms with Gasteiger partial charge in [0, 0.05) is 24.3 Å². The van der Waals surface area contributed by atoms with Gasteiger partial charge >= 0.3 is 5.97 Å². The molecule has 0 bridgehead atoms. The number of methoxy groups -OCH3 is 1. The van der Waals surface area contributed by atoms with E-state index >= 15 is 0 Å². The summed E-state index contributed by atoms with van der Waals surface area (Å²) in [5, 5.41) is 0.727. The predicted molar refractivity (Wildman–Crippen MR) is 85.7 cm³/mol. The van der Waals surface area contributed by atoms with E-state index in [9.17, 15) is 17.6 Å². The molecular formula is C16H20FNO4S. The molecule has 5 nitrogen and oxygen atoms in total. The molecule has 0 atom stereocenters. The van der Waals surface area contributed by atoms with Crippen molar-refractivity contribution in [1.82, 2.24) is 4.98 Å². The first kappa shape index (κ1) is 17.5. The number of aryl methyl sites for hydroxylation is 2. The van der Waals surface area contributed by atoms with Gasteiger partial charge in [0.15, 0.2) is 9.84 Å². The minimum absolute atomic E-state index is 0.0619. The second-order valence-electron chi connectivity index (χ2n) is 5.58. The van der Waals surface area contributed by atoms with Crippen LogP contribution in [-0.2, 0) is 32.2 Å². The molecule has 1 aliphatic rings. The molecular weight excluding hydrogens is 321 g/mol. The van der Waals surface area contributed by atoms with Gasteiger partial charge in [-0.15, -0.1) is 0 Å². The third-order valence-electron chi connectivity index (χ3n) is 3.82. The molecule has 126 valence electrons. The van der Waals surface area contributed by atoms with Crippen molar-refractivity contribution in [2.75, 3.05) is 13.4 Å². The van der Waals surface area contributed by atoms with E-state index in [-0.39, 0.29) is 10.9 Å². The molecule has 0 saturated heterocycles. The van der Waals surface area contributed by atoms with Gasteiger partial charge in [-0.1, -0.05) is 0 Å². The number of hydrogen-bond acceptors (Lipinski definition) is 4. The van der Waals surface area contributed by atoms with Gasteiger partial charge in [0.1, 0.15) is 5.82 Å². The Bertz CT molecular complexity index is 839. The van der Waals surface area contributed by atoms with Crippen LogP contribution >= 0.6 is 0 Å². The Labute approximate surface area is 134 Å². The lowest BCUT2D eigenvalue weighted by molar-refractivity contribution is -0.137. The lowest BCUT2D eigenvalue weighted by Gasteiger charge is -2.10. The van der Waals surface area contributed by atoms with Crippen molar-refractivity contribution in [3.63, 3.8) is 0 Å². The molecule has 0 saturated carbocycles. The summed E-state index contributed by atoms with van der Waals surface area (Å²) >= 11 is 0. The number of esters is 1. The van der Waals surface area contributed by atoms with Gasteiger partial charge in [-0.25, -0.2) is 12.8 Å². The Balaban J connectivity index is 0.000000338. The van der Waals surface area contributed by atoms with Crippen LogP contribution in [0.5, 0.6) is 0 Å². The van der Waals surface area contributed by atoms with Crippen LogP contribution in [-0.4, -0.2) is 32.7 Å². The van der Waals surface area contributed by atoms with Crippen molar-refractivity contribution in [2.45, 2.75) is 37.5 Å². The van der Waals surface area contributed by atoms with Crippen molar-refractivity contribution >= 4 is 26.7 Å². The van der Waals surface area contributed by atoms with Crippen molar-refractivity contribution in [3.8, 4) is 0 Å². The van der Waals surface area contributed by atoms with Crippen LogP contribution in [0, 0.1) is 5.82 Å². The highest BCUT2D eigenvalue weighted by Crippen LogP contribution is 2.33. The molecule has 1 N–H and O–H groups in total. The number of H-pyrrole nitrogens is 1. The number of aromatic nitrogens is 1. The molecule has 1 aromatic carbocycles. The fourth-order valence-electron chi connectivity index (χ4n) is 2.73. The van der Waals surface area contributed by atoms with E-state index in [4.69, 9.17) is 0 Å². The number of carbonyl (C=O) groups is 1. The maximum absolute atomic E-state index is 13.6. The SMILES string of the molecule is COC(C)=O.CS(=O)(=O)c1cc(F)cc2c3c([nH]c12)CCCC3. The zero-order valence-electron chi connectivity index (χ0n) is 13.4. The second kappa shape index (κ2) is 6.70. The van der Waals surface area contributed by atoms with Crippen LogP contribution < -0.4 is 0 Å². The Morgan fingerprint density at radius 1 is 1.26 bits per heavy atom. The van der Waals surface area contributed by atoms with Gasteiger partial charge in [-0.3, -0.25) is 4.79 Å². The van der Waals surface area contributed by atoms with Crippen LogP contribution in [0.1, 0.15) is 31.0 Å². The summed E-state index contributed by atoms with van der Waals surface area (Å²) in [5.74, 6) is -0.736. The Kier molecular flexibility index (Phi) is 5.09. The maximum Gasteiger partial charge on any atom is 0.302 e. The highest BCUT2D eigenvalue weighted by atomic mass is 32.2. The predicted octanol–water partition coefficient (Wildman–Crippen LogP) is 2.77. The summed E-state index contributed by atoms with van der Waals surface area (Å²) in [4.78, 5) is 12.8. The zero-order valence-corrected chi connectivity index (χ0v) is 14.2. The third-order valence-corrected chi connectivity index (χ3v) is 4.94. The van der Waals surface area contributed by atoms with Crippen molar-refractivity contribution in [2.24, 2.45) is 0 Å². The largest absolute Gasteiger partial charge is 0.469 e. The van der Waals surface area contributed by atoms with Crippen LogP contribution in [0.3, 0.4) is 0 Å². The summed E-state index contributed by atoms with van der Waals surface area (Å²) in [6.07, 6.45) is 5.08. The van der Waals surface area contributed by atoms with E-state index in [0.29, 0.717) is 5.52 Å². The molecule has 0 radical (unpaired) electrons. The fraction of sp³-hybridized carbons (Fsp3) is 0.438. The average molecular weight is 341 g/mol. The summed E-state index contributed by atoms with van der Waals surface area (Å²) in [5.41, 5.74) is 2.71. The van der Waals surface area contributed by atoms with E-state index in [1.807, 2.05) is 0 Å². The Morgan fingerprint density at radius 3 is 2.43 bits per heavy atom. The van der Waals surface area contributed by atoms with Crippen LogP contribution in [0.25, 0.3) is 10.9 Å². The second-order valence-corrected chi connectivity index (χ2v) is 7.57. The summed E-state index contributed by atoms with van der Waals surface area (Å²) < 4.78 is 41.2. The van der Waals surface area contributed by atoms with E-state index in [0.717, 1.165) is 54.6 Å². The number of rotatable bonds is 1. The van der Waals surface area contributed by atoms with Gasteiger partial charge < -0.3 is 9.72 Å². The standard InChI is InChI=1S/C13H14FNO2S.C3H6O2/c1-18(16,17)12-7-8(14)6-10-9-4-2-3-5-11(9)15-13(10)12;1-3(4)5-2/h6-7,15H,2-5H2,1H3;1-2H3. The Morgan fingerprint density at radius 2 is 1.87 bits per heavy atom. The topological polar surface area (TPSA) is 76.2 Å². The fourth-order valence-corrected chi connectivity index (χ4v) is 3.59. The van der Waals surface area contributed by atoms with Gasteiger partial charge in [-0.2, -0.15) is 0 Å². The molecule has 0 aliphatic heterocycles. The Hall–Kier alpha value is -1.89. The average Bonchev–Trinajstić information content (AvgIpc) is 2.84. The van der Waals surface area contributed by atoms with Crippen molar-refractivity contribution in [1.29, 1.82) is 0 Å². The lowest BCUT2D eigenvalue weighted by atomic mass is 9.96. The first-order chi connectivity index (χ1) is 10.7. The first-order valence-electron chi connectivity index (χ1n) is 7.31. The number of halogens is 1. The molecule has 2 aromatic rings. The molecule has 3 rings (SSSR count). The zero-order chi connectivity index (χ0) is 17.2. The molecule has 0 unspecified atom stereocenters. The minimum atomic E-state index is -3.42. The maximum atomic E-state index is 13.6. The van der Waals surface area contributed by atoms with Crippen molar-refractivity contribution < 1.29 is 22.3 Å². The lowest BCUT2D eigenvalue weighted by Crippen LogP contribution is -1.99. The molecule has 0 amide bonds. The van der Waals surface area contributed by atoms with Gasteiger partial charge in [0.2, 0.25) is 0 Å². The molecule has 0 fully saturated rings. The molecule has 7 heteroatoms. The monoisotopic (exact) mass is 341 g/mol. The number of sulfone groups is 1. The van der Waals surface area contributed by atoms with Crippen LogP contribution in [0.2, 0.25) is 0 Å². The van der Waals surface area contributed by atoms with Crippen molar-refractivity contribution in [3.05, 3.63) is 29.2 Å². The number of benzene rings is 1. The smallest absolute Gasteiger partial charge is 0.302 e. The number of nitrogens with one attached hydrogen (secondary N) is 1. The van der Waals surface area contributed by atoms with E-state index in [2.05, 4.69) is 9.72 Å². The number of ether oxygens (including phenoxy) is 1. The summed E-state index contributed by atoms with van der Waals surface area (Å²) in [7, 11) is -2.07. The van der Waals surface area contributed by atoms with Gasteiger partial charge in [0.05, 0.1) is 17.5 Å². The third kappa shape index (κ3) is 3.90. The number of fused-ring (bicyclic) bond motifs is 3. The molecule has 0 spiro atoms. The van der Waals surface area contributed by atoms with E-state index < -0.39 is 15.7 Å². The molecule has 23 heavy (non-hydrogen) atoms. The number of aromatic amines is 1. The van der Waals surface area contributed by atoms with Crippen LogP contribution in [0.4, 0.5) is 4.39 Å². The summed E-state index contributed by atoms with van der Waals surface area (Å²) in [6, 6.07) is 2.53. The normalized spacial score (nSPS) is 13.9. The number of carbonyl (C=O) groups excluding carboxylic acids is 1. The highest BCUT2D eigenvalue weighted by Gasteiger charge is 2.21. The summed E-state index contributed by atoms with van der Waals surface area (Å²) in [6.45, 7) is 1.36. The quantitative estimate of drug-likeness (QED) is 0.809.